The van der Waals surface area contributed by atoms with Gasteiger partial charge in [0.2, 0.25) is 0 Å². The van der Waals surface area contributed by atoms with Crippen LogP contribution in [0.3, 0.4) is 0 Å². The van der Waals surface area contributed by atoms with Gasteiger partial charge in [-0.05, 0) is 44.0 Å². The van der Waals surface area contributed by atoms with Crippen LogP contribution in [0, 0.1) is 13.8 Å². The number of amides is 2. The molecule has 1 saturated heterocycles. The standard InChI is InChI=1S/C26H38N3O4/c1-6-29(18-22(30)19-33-24-13-8-7-12-23(24)32-5)16-14-28(15-17-29)26(31)27(4)25-20(2)10-9-11-21(25)3/h7-13,22,30H,6,14-19H2,1-5H3/q+1. The summed E-state index contributed by atoms with van der Waals surface area (Å²) in [5.41, 5.74) is 3.17. The highest BCUT2D eigenvalue weighted by Gasteiger charge is 2.36. The first-order valence-corrected chi connectivity index (χ1v) is 11.7. The van der Waals surface area contributed by atoms with Crippen LogP contribution in [0.4, 0.5) is 10.5 Å². The predicted molar refractivity (Wildman–Crippen MR) is 131 cm³/mol. The van der Waals surface area contributed by atoms with E-state index in [1.54, 1.807) is 12.0 Å². The van der Waals surface area contributed by atoms with Crippen LogP contribution in [0.2, 0.25) is 0 Å². The number of urea groups is 1. The Kier molecular flexibility index (Phi) is 8.21. The van der Waals surface area contributed by atoms with E-state index < -0.39 is 6.10 Å². The number of nitrogens with zero attached hydrogens (tertiary/aromatic N) is 3. The van der Waals surface area contributed by atoms with E-state index in [0.29, 0.717) is 31.1 Å². The zero-order chi connectivity index (χ0) is 24.0. The summed E-state index contributed by atoms with van der Waals surface area (Å²) in [5, 5.41) is 10.7. The molecular formula is C26H38N3O4+. The molecule has 0 aromatic heterocycles. The SMILES string of the molecule is CC[N+]1(CC(O)COc2ccccc2OC)CCN(C(=O)N(C)c2c(C)cccc2C)CC1. The first kappa shape index (κ1) is 24.9. The number of aliphatic hydroxyl groups is 1. The second-order valence-electron chi connectivity index (χ2n) is 8.97. The molecule has 2 aromatic carbocycles. The van der Waals surface area contributed by atoms with Gasteiger partial charge < -0.3 is 24.0 Å². The lowest BCUT2D eigenvalue weighted by atomic mass is 10.1. The van der Waals surface area contributed by atoms with E-state index in [0.717, 1.165) is 40.9 Å². The number of quaternary nitrogens is 1. The Morgan fingerprint density at radius 2 is 1.70 bits per heavy atom. The van der Waals surface area contributed by atoms with Crippen molar-refractivity contribution in [1.29, 1.82) is 0 Å². The number of aryl methyl sites for hydroxylation is 2. The maximum atomic E-state index is 13.2. The number of aliphatic hydroxyl groups excluding tert-OH is 1. The van der Waals surface area contributed by atoms with E-state index in [1.165, 1.54) is 0 Å². The molecule has 2 aromatic rings. The van der Waals surface area contributed by atoms with Gasteiger partial charge in [-0.25, -0.2) is 4.79 Å². The predicted octanol–water partition coefficient (Wildman–Crippen LogP) is 3.46. The number of rotatable bonds is 8. The van der Waals surface area contributed by atoms with Crippen LogP contribution < -0.4 is 14.4 Å². The maximum absolute atomic E-state index is 13.2. The van der Waals surface area contributed by atoms with E-state index >= 15 is 0 Å². The summed E-state index contributed by atoms with van der Waals surface area (Å²) in [7, 11) is 3.46. The highest BCUT2D eigenvalue weighted by molar-refractivity contribution is 5.93. The number of hydrogen-bond acceptors (Lipinski definition) is 4. The Balaban J connectivity index is 1.57. The number of benzene rings is 2. The summed E-state index contributed by atoms with van der Waals surface area (Å²) in [6.07, 6.45) is -0.602. The molecule has 33 heavy (non-hydrogen) atoms. The third kappa shape index (κ3) is 5.78. The van der Waals surface area contributed by atoms with E-state index in [4.69, 9.17) is 9.47 Å². The summed E-state index contributed by atoms with van der Waals surface area (Å²) < 4.78 is 11.9. The van der Waals surface area contributed by atoms with Gasteiger partial charge in [0.05, 0.1) is 45.5 Å². The average molecular weight is 457 g/mol. The van der Waals surface area contributed by atoms with Crippen molar-refractivity contribution < 1.29 is 23.9 Å². The van der Waals surface area contributed by atoms with Gasteiger partial charge in [-0.3, -0.25) is 4.90 Å². The molecule has 7 nitrogen and oxygen atoms in total. The summed E-state index contributed by atoms with van der Waals surface area (Å²) in [6.45, 7) is 10.9. The number of piperazine rings is 1. The number of carbonyl (C=O) groups excluding carboxylic acids is 1. The molecule has 1 atom stereocenters. The lowest BCUT2D eigenvalue weighted by molar-refractivity contribution is -0.932. The van der Waals surface area contributed by atoms with Crippen molar-refractivity contribution in [2.75, 3.05) is 64.9 Å². The van der Waals surface area contributed by atoms with Gasteiger partial charge in [0.15, 0.2) is 11.5 Å². The van der Waals surface area contributed by atoms with Crippen LogP contribution in [-0.4, -0.2) is 86.7 Å². The Labute approximate surface area is 197 Å². The molecule has 7 heteroatoms. The van der Waals surface area contributed by atoms with Crippen molar-refractivity contribution in [1.82, 2.24) is 4.90 Å². The molecule has 1 N–H and O–H groups in total. The molecule has 0 saturated carbocycles. The van der Waals surface area contributed by atoms with Gasteiger partial charge in [-0.2, -0.15) is 0 Å². The zero-order valence-electron chi connectivity index (χ0n) is 20.6. The van der Waals surface area contributed by atoms with Crippen LogP contribution in [0.5, 0.6) is 11.5 Å². The van der Waals surface area contributed by atoms with E-state index in [1.807, 2.05) is 68.3 Å². The molecule has 1 heterocycles. The molecular weight excluding hydrogens is 418 g/mol. The monoisotopic (exact) mass is 456 g/mol. The number of ether oxygens (including phenoxy) is 2. The minimum atomic E-state index is -0.602. The van der Waals surface area contributed by atoms with Crippen molar-refractivity contribution in [3.8, 4) is 11.5 Å². The van der Waals surface area contributed by atoms with Gasteiger partial charge >= 0.3 is 6.03 Å². The molecule has 1 unspecified atom stereocenters. The minimum absolute atomic E-state index is 0.0290. The molecule has 0 radical (unpaired) electrons. The second kappa shape index (κ2) is 10.9. The number of methoxy groups -OCH3 is 1. The summed E-state index contributed by atoms with van der Waals surface area (Å²) in [5.74, 6) is 1.29. The number of para-hydroxylation sites is 3. The van der Waals surface area contributed by atoms with Crippen LogP contribution in [0.1, 0.15) is 18.1 Å². The number of anilines is 1. The average Bonchev–Trinajstić information content (AvgIpc) is 2.82. The Hall–Kier alpha value is -2.77. The van der Waals surface area contributed by atoms with Crippen molar-refractivity contribution >= 4 is 11.7 Å². The van der Waals surface area contributed by atoms with Crippen molar-refractivity contribution in [3.63, 3.8) is 0 Å². The third-order valence-corrected chi connectivity index (χ3v) is 6.79. The van der Waals surface area contributed by atoms with Gasteiger partial charge in [0.1, 0.15) is 19.3 Å². The zero-order valence-corrected chi connectivity index (χ0v) is 20.6. The quantitative estimate of drug-likeness (QED) is 0.618. The Bertz CT molecular complexity index is 921. The summed E-state index contributed by atoms with van der Waals surface area (Å²) >= 11 is 0. The molecule has 1 fully saturated rings. The van der Waals surface area contributed by atoms with Crippen molar-refractivity contribution in [2.24, 2.45) is 0 Å². The fourth-order valence-electron chi connectivity index (χ4n) is 4.77. The van der Waals surface area contributed by atoms with Crippen molar-refractivity contribution in [2.45, 2.75) is 26.9 Å². The maximum Gasteiger partial charge on any atom is 0.324 e. The molecule has 1 aliphatic rings. The fourth-order valence-corrected chi connectivity index (χ4v) is 4.77. The molecule has 0 spiro atoms. The molecule has 180 valence electrons. The molecule has 0 aliphatic carbocycles. The molecule has 0 bridgehead atoms. The molecule has 1 aliphatic heterocycles. The smallest absolute Gasteiger partial charge is 0.324 e. The van der Waals surface area contributed by atoms with Crippen molar-refractivity contribution in [3.05, 3.63) is 53.6 Å². The summed E-state index contributed by atoms with van der Waals surface area (Å²) in [4.78, 5) is 16.9. The van der Waals surface area contributed by atoms with E-state index in [9.17, 15) is 9.90 Å². The molecule has 2 amide bonds. The third-order valence-electron chi connectivity index (χ3n) is 6.79. The second-order valence-corrected chi connectivity index (χ2v) is 8.97. The van der Waals surface area contributed by atoms with Crippen LogP contribution >= 0.6 is 0 Å². The largest absolute Gasteiger partial charge is 0.493 e. The van der Waals surface area contributed by atoms with Gasteiger partial charge in [0.25, 0.3) is 0 Å². The topological polar surface area (TPSA) is 62.2 Å². The summed E-state index contributed by atoms with van der Waals surface area (Å²) in [6, 6.07) is 13.6. The number of likely N-dealkylation sites (N-methyl/N-ethyl adjacent to an activating group) is 1. The van der Waals surface area contributed by atoms with Gasteiger partial charge in [-0.1, -0.05) is 30.3 Å². The normalized spacial score (nSPS) is 16.2. The number of carbonyl (C=O) groups is 1. The fraction of sp³-hybridized carbons (Fsp3) is 0.500. The van der Waals surface area contributed by atoms with Crippen LogP contribution in [0.15, 0.2) is 42.5 Å². The minimum Gasteiger partial charge on any atom is -0.493 e. The number of hydrogen-bond donors (Lipinski definition) is 1. The molecule has 3 rings (SSSR count). The van der Waals surface area contributed by atoms with Crippen LogP contribution in [-0.2, 0) is 0 Å². The van der Waals surface area contributed by atoms with Gasteiger partial charge in [0, 0.05) is 7.05 Å². The highest BCUT2D eigenvalue weighted by atomic mass is 16.5. The van der Waals surface area contributed by atoms with Gasteiger partial charge in [-0.15, -0.1) is 0 Å². The first-order valence-electron chi connectivity index (χ1n) is 11.7. The Morgan fingerprint density at radius 3 is 2.27 bits per heavy atom. The van der Waals surface area contributed by atoms with E-state index in [2.05, 4.69) is 6.92 Å². The highest BCUT2D eigenvalue weighted by Crippen LogP contribution is 2.27. The Morgan fingerprint density at radius 1 is 1.09 bits per heavy atom. The van der Waals surface area contributed by atoms with Crippen LogP contribution in [0.25, 0.3) is 0 Å². The lowest BCUT2D eigenvalue weighted by Gasteiger charge is -2.45. The lowest BCUT2D eigenvalue weighted by Crippen LogP contribution is -2.63. The first-order chi connectivity index (χ1) is 15.8. The van der Waals surface area contributed by atoms with E-state index in [-0.39, 0.29) is 12.6 Å².